The van der Waals surface area contributed by atoms with Gasteiger partial charge in [-0.15, -0.1) is 11.3 Å². The summed E-state index contributed by atoms with van der Waals surface area (Å²) >= 11 is 2.79. The van der Waals surface area contributed by atoms with E-state index in [1.165, 1.54) is 36.5 Å². The molecule has 0 aliphatic heterocycles. The average Bonchev–Trinajstić information content (AvgIpc) is 2.91. The van der Waals surface area contributed by atoms with E-state index in [-0.39, 0.29) is 18.3 Å². The number of likely N-dealkylation sites (N-methyl/N-ethyl adjacent to an activating group) is 1. The van der Waals surface area contributed by atoms with Gasteiger partial charge < -0.3 is 10.1 Å². The third-order valence-corrected chi connectivity index (χ3v) is 3.99. The lowest BCUT2D eigenvalue weighted by Crippen LogP contribution is -2.25. The minimum absolute atomic E-state index is 0.110. The highest BCUT2D eigenvalue weighted by Gasteiger charge is 2.10. The molecule has 6 nitrogen and oxygen atoms in total. The second-order valence-corrected chi connectivity index (χ2v) is 5.30. The molecule has 0 atom stereocenters. The Morgan fingerprint density at radius 3 is 3.11 bits per heavy atom. The fraction of sp³-hybridized carbons (Fsp3) is 0.273. The van der Waals surface area contributed by atoms with Gasteiger partial charge in [0.15, 0.2) is 6.61 Å². The number of rotatable bonds is 5. The summed E-state index contributed by atoms with van der Waals surface area (Å²) in [6.45, 7) is -0.256. The molecule has 0 aliphatic rings. The van der Waals surface area contributed by atoms with Crippen LogP contribution in [0.2, 0.25) is 0 Å². The smallest absolute Gasteiger partial charge is 0.316 e. The number of esters is 1. The Kier molecular flexibility index (Phi) is 4.69. The number of carbonyl (C=O) groups excluding carboxylic acids is 2. The fourth-order valence-electron chi connectivity index (χ4n) is 1.27. The maximum Gasteiger partial charge on any atom is 0.316 e. The first-order valence-corrected chi connectivity index (χ1v) is 7.24. The summed E-state index contributed by atoms with van der Waals surface area (Å²) in [5.74, 6) is -0.671. The first-order chi connectivity index (χ1) is 9.20. The summed E-state index contributed by atoms with van der Waals surface area (Å²) in [6, 6.07) is 1.91. The third kappa shape index (κ3) is 3.65. The molecule has 100 valence electrons. The molecule has 0 bridgehead atoms. The minimum atomic E-state index is -0.449. The van der Waals surface area contributed by atoms with Gasteiger partial charge in [0.05, 0.1) is 5.75 Å². The van der Waals surface area contributed by atoms with E-state index in [0.29, 0.717) is 0 Å². The van der Waals surface area contributed by atoms with Gasteiger partial charge in [-0.25, -0.2) is 9.97 Å². The number of ether oxygens (including phenoxy) is 1. The molecular weight excluding hydrogens is 286 g/mol. The van der Waals surface area contributed by atoms with Crippen LogP contribution >= 0.6 is 23.1 Å². The van der Waals surface area contributed by atoms with Gasteiger partial charge in [-0.1, -0.05) is 11.8 Å². The van der Waals surface area contributed by atoms with E-state index < -0.39 is 5.97 Å². The molecule has 8 heteroatoms. The predicted molar refractivity (Wildman–Crippen MR) is 73.2 cm³/mol. The molecule has 1 N–H and O–H groups in total. The molecule has 0 aromatic carbocycles. The molecular formula is C11H11N3O3S2. The molecule has 0 fully saturated rings. The molecule has 2 heterocycles. The Morgan fingerprint density at radius 1 is 1.47 bits per heavy atom. The van der Waals surface area contributed by atoms with Crippen LogP contribution in [0, 0.1) is 0 Å². The van der Waals surface area contributed by atoms with Crippen LogP contribution in [-0.4, -0.2) is 41.3 Å². The van der Waals surface area contributed by atoms with Crippen molar-refractivity contribution < 1.29 is 14.3 Å². The largest absolute Gasteiger partial charge is 0.455 e. The number of carbonyl (C=O) groups is 2. The van der Waals surface area contributed by atoms with Crippen molar-refractivity contribution >= 4 is 45.2 Å². The van der Waals surface area contributed by atoms with Crippen LogP contribution in [0.4, 0.5) is 0 Å². The van der Waals surface area contributed by atoms with Gasteiger partial charge in [-0.05, 0) is 11.4 Å². The monoisotopic (exact) mass is 297 g/mol. The normalized spacial score (nSPS) is 10.4. The van der Waals surface area contributed by atoms with Crippen LogP contribution < -0.4 is 5.32 Å². The molecule has 2 aromatic heterocycles. The molecule has 2 rings (SSSR count). The highest BCUT2D eigenvalue weighted by Crippen LogP contribution is 2.27. The molecule has 19 heavy (non-hydrogen) atoms. The average molecular weight is 297 g/mol. The molecule has 0 aliphatic carbocycles. The fourth-order valence-corrected chi connectivity index (χ4v) is 2.85. The topological polar surface area (TPSA) is 81.2 Å². The van der Waals surface area contributed by atoms with Crippen LogP contribution in [0.25, 0.3) is 10.2 Å². The zero-order valence-electron chi connectivity index (χ0n) is 10.1. The van der Waals surface area contributed by atoms with Gasteiger partial charge in [-0.2, -0.15) is 0 Å². The van der Waals surface area contributed by atoms with Gasteiger partial charge in [0.2, 0.25) is 0 Å². The van der Waals surface area contributed by atoms with Gasteiger partial charge in [-0.3, -0.25) is 9.59 Å². The van der Waals surface area contributed by atoms with Crippen LogP contribution in [0.5, 0.6) is 0 Å². The van der Waals surface area contributed by atoms with E-state index in [9.17, 15) is 9.59 Å². The second kappa shape index (κ2) is 6.48. The van der Waals surface area contributed by atoms with Crippen molar-refractivity contribution in [3.8, 4) is 0 Å². The first-order valence-electron chi connectivity index (χ1n) is 5.38. The number of thioether (sulfide) groups is 1. The van der Waals surface area contributed by atoms with Crippen LogP contribution in [0.15, 0.2) is 22.8 Å². The number of thiophene rings is 1. The van der Waals surface area contributed by atoms with E-state index in [0.717, 1.165) is 15.2 Å². The number of hydrogen-bond acceptors (Lipinski definition) is 7. The molecule has 0 radical (unpaired) electrons. The Balaban J connectivity index is 1.90. The maximum absolute atomic E-state index is 11.4. The third-order valence-electron chi connectivity index (χ3n) is 2.20. The summed E-state index contributed by atoms with van der Waals surface area (Å²) in [4.78, 5) is 31.5. The van der Waals surface area contributed by atoms with Crippen molar-refractivity contribution in [2.24, 2.45) is 0 Å². The zero-order chi connectivity index (χ0) is 13.7. The summed E-state index contributed by atoms with van der Waals surface area (Å²) in [5, 5.41) is 5.96. The maximum atomic E-state index is 11.4. The molecule has 0 unspecified atom stereocenters. The molecule has 0 saturated carbocycles. The second-order valence-electron chi connectivity index (χ2n) is 3.44. The lowest BCUT2D eigenvalue weighted by molar-refractivity contribution is -0.145. The molecule has 2 aromatic rings. The van der Waals surface area contributed by atoms with Crippen LogP contribution in [0.3, 0.4) is 0 Å². The standard InChI is InChI=1S/C11H11N3O3S2/c1-12-8(15)4-17-9(16)5-19-11-7-2-3-18-10(7)13-6-14-11/h2-3,6H,4-5H2,1H3,(H,12,15). The number of nitrogens with zero attached hydrogens (tertiary/aromatic N) is 2. The Labute approximate surface area is 117 Å². The summed E-state index contributed by atoms with van der Waals surface area (Å²) in [7, 11) is 1.49. The first kappa shape index (κ1) is 13.8. The predicted octanol–water partition coefficient (Wildman–Crippen LogP) is 1.07. The number of nitrogens with one attached hydrogen (secondary N) is 1. The van der Waals surface area contributed by atoms with Gasteiger partial charge in [0, 0.05) is 12.4 Å². The summed E-state index contributed by atoms with van der Waals surface area (Å²) in [6.07, 6.45) is 1.47. The molecule has 1 amide bonds. The van der Waals surface area contributed by atoms with Crippen molar-refractivity contribution in [2.45, 2.75) is 5.03 Å². The lowest BCUT2D eigenvalue weighted by atomic mass is 10.4. The van der Waals surface area contributed by atoms with E-state index in [4.69, 9.17) is 4.74 Å². The highest BCUT2D eigenvalue weighted by atomic mass is 32.2. The quantitative estimate of drug-likeness (QED) is 0.505. The Morgan fingerprint density at radius 2 is 2.32 bits per heavy atom. The van der Waals surface area contributed by atoms with Crippen molar-refractivity contribution in [3.05, 3.63) is 17.8 Å². The van der Waals surface area contributed by atoms with E-state index in [1.54, 1.807) is 0 Å². The van der Waals surface area contributed by atoms with Crippen molar-refractivity contribution in [3.63, 3.8) is 0 Å². The van der Waals surface area contributed by atoms with E-state index in [1.807, 2.05) is 11.4 Å². The van der Waals surface area contributed by atoms with Crippen molar-refractivity contribution in [1.29, 1.82) is 0 Å². The highest BCUT2D eigenvalue weighted by molar-refractivity contribution is 8.00. The number of hydrogen-bond donors (Lipinski definition) is 1. The Hall–Kier alpha value is -1.67. The van der Waals surface area contributed by atoms with E-state index >= 15 is 0 Å². The lowest BCUT2D eigenvalue weighted by Gasteiger charge is -2.03. The van der Waals surface area contributed by atoms with Crippen molar-refractivity contribution in [2.75, 3.05) is 19.4 Å². The number of aromatic nitrogens is 2. The van der Waals surface area contributed by atoms with E-state index in [2.05, 4.69) is 15.3 Å². The molecule has 0 spiro atoms. The summed E-state index contributed by atoms with van der Waals surface area (Å²) < 4.78 is 4.80. The van der Waals surface area contributed by atoms with Gasteiger partial charge in [0.25, 0.3) is 5.91 Å². The van der Waals surface area contributed by atoms with Crippen LogP contribution in [0.1, 0.15) is 0 Å². The number of fused-ring (bicyclic) bond motifs is 1. The zero-order valence-corrected chi connectivity index (χ0v) is 11.7. The SMILES string of the molecule is CNC(=O)COC(=O)CSc1ncnc2sccc12. The van der Waals surface area contributed by atoms with Gasteiger partial charge in [0.1, 0.15) is 16.2 Å². The van der Waals surface area contributed by atoms with Crippen LogP contribution in [-0.2, 0) is 14.3 Å². The van der Waals surface area contributed by atoms with Gasteiger partial charge >= 0.3 is 5.97 Å². The minimum Gasteiger partial charge on any atom is -0.455 e. The van der Waals surface area contributed by atoms with Crippen molar-refractivity contribution in [1.82, 2.24) is 15.3 Å². The Bertz CT molecular complexity index is 600. The number of amides is 1. The molecule has 0 saturated heterocycles. The summed E-state index contributed by atoms with van der Waals surface area (Å²) in [5.41, 5.74) is 0.